The maximum atomic E-state index is 11.2. The van der Waals surface area contributed by atoms with Crippen molar-refractivity contribution in [1.29, 1.82) is 0 Å². The lowest BCUT2D eigenvalue weighted by molar-refractivity contribution is -0.131. The SMILES string of the molecule is CC(C)[C@H](C)N.CC1=C(N[C@@H](C)C(C)C)CCN(C)C1.CC1CN(C)CCC1=O.CN1CCC(=O)C(C)(C)C1. The molecule has 0 aromatic heterocycles. The molecule has 3 heterocycles. The summed E-state index contributed by atoms with van der Waals surface area (Å²) in [6, 6.07) is 0.938. The molecule has 0 spiro atoms. The molecular weight excluding hydrogens is 486 g/mol. The summed E-state index contributed by atoms with van der Waals surface area (Å²) in [5.74, 6) is 2.43. The van der Waals surface area contributed by atoms with Gasteiger partial charge in [0.2, 0.25) is 0 Å². The molecule has 0 saturated carbocycles. The fraction of sp³-hybridized carbons (Fsp3) is 0.875. The second-order valence-corrected chi connectivity index (χ2v) is 13.7. The zero-order valence-electron chi connectivity index (χ0n) is 28.0. The molecule has 39 heavy (non-hydrogen) atoms. The van der Waals surface area contributed by atoms with Gasteiger partial charge in [-0.05, 0) is 65.7 Å². The largest absolute Gasteiger partial charge is 0.386 e. The lowest BCUT2D eigenvalue weighted by Crippen LogP contribution is -2.44. The van der Waals surface area contributed by atoms with E-state index in [1.165, 1.54) is 24.2 Å². The van der Waals surface area contributed by atoms with Crippen molar-refractivity contribution in [2.45, 2.75) is 101 Å². The van der Waals surface area contributed by atoms with Gasteiger partial charge in [-0.1, -0.05) is 48.5 Å². The van der Waals surface area contributed by atoms with Gasteiger partial charge in [0.1, 0.15) is 11.6 Å². The van der Waals surface area contributed by atoms with Gasteiger partial charge in [0.25, 0.3) is 0 Å². The number of hydrogen-bond acceptors (Lipinski definition) is 7. The average Bonchev–Trinajstić information content (AvgIpc) is 2.82. The first-order valence-electron chi connectivity index (χ1n) is 15.2. The van der Waals surface area contributed by atoms with Crippen molar-refractivity contribution in [3.8, 4) is 0 Å². The molecule has 230 valence electrons. The minimum Gasteiger partial charge on any atom is -0.386 e. The van der Waals surface area contributed by atoms with E-state index in [0.717, 1.165) is 45.6 Å². The second-order valence-electron chi connectivity index (χ2n) is 13.7. The van der Waals surface area contributed by atoms with Gasteiger partial charge in [0.05, 0.1) is 0 Å². The fourth-order valence-electron chi connectivity index (χ4n) is 4.41. The maximum Gasteiger partial charge on any atom is 0.141 e. The van der Waals surface area contributed by atoms with E-state index >= 15 is 0 Å². The quantitative estimate of drug-likeness (QED) is 0.526. The lowest BCUT2D eigenvalue weighted by Gasteiger charge is -2.34. The molecule has 2 saturated heterocycles. The summed E-state index contributed by atoms with van der Waals surface area (Å²) >= 11 is 0. The van der Waals surface area contributed by atoms with Crippen LogP contribution in [-0.2, 0) is 9.59 Å². The Morgan fingerprint density at radius 2 is 1.36 bits per heavy atom. The molecule has 0 aromatic carbocycles. The number of nitrogens with one attached hydrogen (secondary N) is 1. The van der Waals surface area contributed by atoms with Crippen LogP contribution < -0.4 is 11.1 Å². The third-order valence-electron chi connectivity index (χ3n) is 8.23. The summed E-state index contributed by atoms with van der Waals surface area (Å²) in [5.41, 5.74) is 8.31. The summed E-state index contributed by atoms with van der Waals surface area (Å²) in [6.45, 7) is 27.4. The molecule has 0 aromatic rings. The van der Waals surface area contributed by atoms with Crippen LogP contribution in [0.25, 0.3) is 0 Å². The topological polar surface area (TPSA) is 81.9 Å². The third kappa shape index (κ3) is 15.9. The molecule has 2 fully saturated rings. The molecule has 0 radical (unpaired) electrons. The van der Waals surface area contributed by atoms with E-state index in [4.69, 9.17) is 5.73 Å². The maximum absolute atomic E-state index is 11.2. The van der Waals surface area contributed by atoms with E-state index in [0.29, 0.717) is 35.5 Å². The highest BCUT2D eigenvalue weighted by Gasteiger charge is 2.32. The molecule has 0 bridgehead atoms. The number of nitrogens with zero attached hydrogens (tertiary/aromatic N) is 3. The number of ketones is 2. The van der Waals surface area contributed by atoms with Crippen molar-refractivity contribution >= 4 is 11.6 Å². The van der Waals surface area contributed by atoms with Crippen LogP contribution in [0, 0.1) is 23.2 Å². The van der Waals surface area contributed by atoms with Gasteiger partial charge in [0, 0.05) is 81.2 Å². The van der Waals surface area contributed by atoms with Crippen LogP contribution in [0.3, 0.4) is 0 Å². The van der Waals surface area contributed by atoms with Crippen molar-refractivity contribution in [2.75, 3.05) is 60.4 Å². The Labute approximate surface area is 242 Å². The Morgan fingerprint density at radius 3 is 1.74 bits per heavy atom. The van der Waals surface area contributed by atoms with E-state index < -0.39 is 0 Å². The monoisotopic (exact) mass is 552 g/mol. The molecule has 0 aliphatic carbocycles. The molecular formula is C32H65N5O2. The third-order valence-corrected chi connectivity index (χ3v) is 8.23. The van der Waals surface area contributed by atoms with Crippen LogP contribution in [-0.4, -0.2) is 98.8 Å². The predicted molar refractivity (Wildman–Crippen MR) is 168 cm³/mol. The van der Waals surface area contributed by atoms with Crippen molar-refractivity contribution in [3.05, 3.63) is 11.3 Å². The van der Waals surface area contributed by atoms with Gasteiger partial charge in [-0.3, -0.25) is 9.59 Å². The Bertz CT molecular complexity index is 754. The number of carbonyl (C=O) groups is 2. The average molecular weight is 552 g/mol. The van der Waals surface area contributed by atoms with Crippen LogP contribution >= 0.6 is 0 Å². The predicted octanol–water partition coefficient (Wildman–Crippen LogP) is 4.66. The van der Waals surface area contributed by atoms with Crippen LogP contribution in [0.5, 0.6) is 0 Å². The molecule has 3 aliphatic rings. The number of likely N-dealkylation sites (tertiary alicyclic amines) is 2. The van der Waals surface area contributed by atoms with Crippen LogP contribution in [0.15, 0.2) is 11.3 Å². The molecule has 7 nitrogen and oxygen atoms in total. The molecule has 1 unspecified atom stereocenters. The van der Waals surface area contributed by atoms with Gasteiger partial charge in [-0.25, -0.2) is 0 Å². The van der Waals surface area contributed by atoms with Crippen LogP contribution in [0.4, 0.5) is 0 Å². The number of Topliss-reactive ketones (excluding diaryl/α,β-unsaturated/α-hetero) is 2. The van der Waals surface area contributed by atoms with Crippen molar-refractivity contribution in [3.63, 3.8) is 0 Å². The van der Waals surface area contributed by atoms with Gasteiger partial charge in [-0.2, -0.15) is 0 Å². The standard InChI is InChI=1S/C12H24N2.C8H15NO.C7H13NO.C5H13N/c1-9(2)11(4)13-12-6-7-14(5)8-10(12)3;1-8(2)6-9(3)5-4-7(8)10;1-6-5-8(2)4-3-7(6)9;1-4(2)5(3)6/h9,11,13H,6-8H2,1-5H3;4-6H2,1-3H3;6H,3-5H2,1-2H3;4-5H,6H2,1-3H3/t11-;;;5-/m0..0/s1. The highest BCUT2D eigenvalue weighted by atomic mass is 16.1. The summed E-state index contributed by atoms with van der Waals surface area (Å²) in [7, 11) is 6.31. The zero-order chi connectivity index (χ0) is 30.5. The highest BCUT2D eigenvalue weighted by Crippen LogP contribution is 2.23. The first-order chi connectivity index (χ1) is 17.9. The van der Waals surface area contributed by atoms with E-state index in [-0.39, 0.29) is 11.3 Å². The summed E-state index contributed by atoms with van der Waals surface area (Å²) in [4.78, 5) is 28.9. The first kappa shape index (κ1) is 37.7. The van der Waals surface area contributed by atoms with Gasteiger partial charge >= 0.3 is 0 Å². The summed E-state index contributed by atoms with van der Waals surface area (Å²) in [6.07, 6.45) is 2.65. The normalized spacial score (nSPS) is 24.2. The minimum atomic E-state index is -0.104. The molecule has 3 aliphatic heterocycles. The highest BCUT2D eigenvalue weighted by molar-refractivity contribution is 5.85. The number of hydrogen-bond donors (Lipinski definition) is 2. The van der Waals surface area contributed by atoms with E-state index in [1.54, 1.807) is 0 Å². The van der Waals surface area contributed by atoms with E-state index in [2.05, 4.69) is 82.7 Å². The van der Waals surface area contributed by atoms with Gasteiger partial charge in [0.15, 0.2) is 0 Å². The first-order valence-corrected chi connectivity index (χ1v) is 15.2. The minimum absolute atomic E-state index is 0.104. The van der Waals surface area contributed by atoms with Gasteiger partial charge < -0.3 is 25.8 Å². The Balaban J connectivity index is 0.000000515. The van der Waals surface area contributed by atoms with Crippen LogP contribution in [0.2, 0.25) is 0 Å². The summed E-state index contributed by atoms with van der Waals surface area (Å²) < 4.78 is 0. The molecule has 3 atom stereocenters. The molecule has 3 rings (SSSR count). The molecule has 0 amide bonds. The Kier molecular flexibility index (Phi) is 17.6. The van der Waals surface area contributed by atoms with Crippen LogP contribution in [0.1, 0.15) is 88.5 Å². The van der Waals surface area contributed by atoms with E-state index in [1.807, 2.05) is 27.7 Å². The second kappa shape index (κ2) is 18.2. The summed E-state index contributed by atoms with van der Waals surface area (Å²) in [5, 5.41) is 3.64. The molecule has 7 heteroatoms. The Hall–Kier alpha value is -1.28. The number of likely N-dealkylation sites (N-methyl/N-ethyl adjacent to an activating group) is 1. The lowest BCUT2D eigenvalue weighted by atomic mass is 9.83. The smallest absolute Gasteiger partial charge is 0.141 e. The molecule has 3 N–H and O–H groups in total. The van der Waals surface area contributed by atoms with Gasteiger partial charge in [-0.15, -0.1) is 0 Å². The zero-order valence-corrected chi connectivity index (χ0v) is 28.0. The van der Waals surface area contributed by atoms with E-state index in [9.17, 15) is 9.59 Å². The number of rotatable bonds is 4. The number of carbonyl (C=O) groups excluding carboxylic acids is 2. The van der Waals surface area contributed by atoms with Crippen molar-refractivity contribution in [1.82, 2.24) is 20.0 Å². The Morgan fingerprint density at radius 1 is 0.846 bits per heavy atom. The van der Waals surface area contributed by atoms with Crippen molar-refractivity contribution < 1.29 is 9.59 Å². The number of piperidine rings is 2. The number of nitrogens with two attached hydrogens (primary N) is 1. The fourth-order valence-corrected chi connectivity index (χ4v) is 4.41. The van der Waals surface area contributed by atoms with Crippen molar-refractivity contribution in [2.24, 2.45) is 28.9 Å².